The fourth-order valence-corrected chi connectivity index (χ4v) is 3.58. The predicted octanol–water partition coefficient (Wildman–Crippen LogP) is 4.90. The van der Waals surface area contributed by atoms with E-state index in [4.69, 9.17) is 4.74 Å². The third kappa shape index (κ3) is 3.91. The zero-order valence-corrected chi connectivity index (χ0v) is 15.7. The molecule has 1 amide bonds. The second-order valence-corrected chi connectivity index (χ2v) is 7.05. The Balaban J connectivity index is 1.37. The van der Waals surface area contributed by atoms with Gasteiger partial charge in [-0.05, 0) is 56.2 Å². The highest BCUT2D eigenvalue weighted by molar-refractivity contribution is 5.71. The first-order valence-electron chi connectivity index (χ1n) is 9.43. The van der Waals surface area contributed by atoms with Gasteiger partial charge in [0.15, 0.2) is 5.75 Å². The number of aryl methyl sites for hydroxylation is 1. The minimum Gasteiger partial charge on any atom is -0.408 e. The molecule has 1 saturated heterocycles. The Kier molecular flexibility index (Phi) is 5.10. The first-order chi connectivity index (χ1) is 13.6. The minimum atomic E-state index is -0.332. The van der Waals surface area contributed by atoms with Crippen molar-refractivity contribution in [2.75, 3.05) is 13.1 Å². The SMILES string of the molecule is Cc1ncccc1OC(=O)N1CCC(c2ccc(-c3cccc(F)c3)[nH]2)CC1. The molecule has 5 nitrogen and oxygen atoms in total. The summed E-state index contributed by atoms with van der Waals surface area (Å²) in [5.74, 6) is 0.592. The number of ether oxygens (including phenoxy) is 1. The number of carbonyl (C=O) groups excluding carboxylic acids is 1. The van der Waals surface area contributed by atoms with Crippen LogP contribution in [-0.2, 0) is 0 Å². The summed E-state index contributed by atoms with van der Waals surface area (Å²) in [6.45, 7) is 3.09. The Morgan fingerprint density at radius 1 is 1.18 bits per heavy atom. The molecule has 2 aromatic heterocycles. The molecule has 1 aliphatic rings. The molecule has 0 radical (unpaired) electrons. The molecule has 0 saturated carbocycles. The van der Waals surface area contributed by atoms with Gasteiger partial charge in [0.2, 0.25) is 0 Å². The number of hydrogen-bond donors (Lipinski definition) is 1. The second-order valence-electron chi connectivity index (χ2n) is 7.05. The van der Waals surface area contributed by atoms with Crippen molar-refractivity contribution in [3.63, 3.8) is 0 Å². The molecule has 1 aromatic carbocycles. The average molecular weight is 379 g/mol. The topological polar surface area (TPSA) is 58.2 Å². The molecule has 1 aliphatic heterocycles. The van der Waals surface area contributed by atoms with E-state index >= 15 is 0 Å². The van der Waals surface area contributed by atoms with Gasteiger partial charge >= 0.3 is 6.09 Å². The van der Waals surface area contributed by atoms with Gasteiger partial charge in [0, 0.05) is 42.2 Å². The van der Waals surface area contributed by atoms with Crippen LogP contribution in [-0.4, -0.2) is 34.1 Å². The van der Waals surface area contributed by atoms with E-state index in [0.717, 1.165) is 29.8 Å². The van der Waals surface area contributed by atoms with Crippen molar-refractivity contribution < 1.29 is 13.9 Å². The van der Waals surface area contributed by atoms with Crippen LogP contribution in [0.5, 0.6) is 5.75 Å². The predicted molar refractivity (Wildman–Crippen MR) is 105 cm³/mol. The van der Waals surface area contributed by atoms with Crippen molar-refractivity contribution in [2.24, 2.45) is 0 Å². The van der Waals surface area contributed by atoms with Gasteiger partial charge in [-0.25, -0.2) is 9.18 Å². The van der Waals surface area contributed by atoms with Crippen LogP contribution >= 0.6 is 0 Å². The summed E-state index contributed by atoms with van der Waals surface area (Å²) in [5, 5.41) is 0. The van der Waals surface area contributed by atoms with Crippen LogP contribution in [0, 0.1) is 12.7 Å². The van der Waals surface area contributed by atoms with Crippen LogP contribution < -0.4 is 4.74 Å². The van der Waals surface area contributed by atoms with Crippen molar-refractivity contribution in [2.45, 2.75) is 25.7 Å². The number of aromatic nitrogens is 2. The van der Waals surface area contributed by atoms with Gasteiger partial charge in [0.1, 0.15) is 5.82 Å². The summed E-state index contributed by atoms with van der Waals surface area (Å²) in [6.07, 6.45) is 3.04. The van der Waals surface area contributed by atoms with Crippen LogP contribution in [0.25, 0.3) is 11.3 Å². The molecule has 3 aromatic rings. The molecule has 0 aliphatic carbocycles. The number of carbonyl (C=O) groups is 1. The maximum absolute atomic E-state index is 13.4. The number of benzene rings is 1. The number of hydrogen-bond acceptors (Lipinski definition) is 3. The van der Waals surface area contributed by atoms with Gasteiger partial charge in [-0.1, -0.05) is 12.1 Å². The number of H-pyrrole nitrogens is 1. The second kappa shape index (κ2) is 7.84. The molecule has 28 heavy (non-hydrogen) atoms. The summed E-state index contributed by atoms with van der Waals surface area (Å²) in [5.41, 5.74) is 3.56. The number of amides is 1. The Labute approximate surface area is 163 Å². The van der Waals surface area contributed by atoms with E-state index in [1.807, 2.05) is 19.1 Å². The fourth-order valence-electron chi connectivity index (χ4n) is 3.58. The molecule has 0 spiro atoms. The lowest BCUT2D eigenvalue weighted by Gasteiger charge is -2.31. The molecular formula is C22H22FN3O2. The fraction of sp³-hybridized carbons (Fsp3) is 0.273. The monoisotopic (exact) mass is 379 g/mol. The summed E-state index contributed by atoms with van der Waals surface area (Å²) in [6, 6.07) is 14.1. The van der Waals surface area contributed by atoms with E-state index in [9.17, 15) is 9.18 Å². The molecule has 0 bridgehead atoms. The quantitative estimate of drug-likeness (QED) is 0.704. The van der Waals surface area contributed by atoms with E-state index in [2.05, 4.69) is 16.0 Å². The first kappa shape index (κ1) is 18.2. The van der Waals surface area contributed by atoms with Crippen molar-refractivity contribution in [1.29, 1.82) is 0 Å². The highest BCUT2D eigenvalue weighted by atomic mass is 19.1. The van der Waals surface area contributed by atoms with Gasteiger partial charge in [-0.3, -0.25) is 4.98 Å². The van der Waals surface area contributed by atoms with E-state index in [1.54, 1.807) is 29.3 Å². The highest BCUT2D eigenvalue weighted by Gasteiger charge is 2.26. The minimum absolute atomic E-state index is 0.246. The Morgan fingerprint density at radius 3 is 2.75 bits per heavy atom. The van der Waals surface area contributed by atoms with Gasteiger partial charge in [0.25, 0.3) is 0 Å². The molecule has 144 valence electrons. The maximum Gasteiger partial charge on any atom is 0.415 e. The molecule has 0 atom stereocenters. The van der Waals surface area contributed by atoms with Crippen LogP contribution in [0.15, 0.2) is 54.7 Å². The third-order valence-electron chi connectivity index (χ3n) is 5.19. The lowest BCUT2D eigenvalue weighted by Crippen LogP contribution is -2.39. The van der Waals surface area contributed by atoms with Crippen LogP contribution in [0.4, 0.5) is 9.18 Å². The van der Waals surface area contributed by atoms with Crippen molar-refractivity contribution in [3.05, 3.63) is 71.9 Å². The van der Waals surface area contributed by atoms with Crippen LogP contribution in [0.3, 0.4) is 0 Å². The lowest BCUT2D eigenvalue weighted by molar-refractivity contribution is 0.138. The largest absolute Gasteiger partial charge is 0.415 e. The number of nitrogens with one attached hydrogen (secondary N) is 1. The summed E-state index contributed by atoms with van der Waals surface area (Å²) < 4.78 is 18.9. The number of piperidine rings is 1. The van der Waals surface area contributed by atoms with Crippen molar-refractivity contribution >= 4 is 6.09 Å². The number of pyridine rings is 1. The molecule has 1 fully saturated rings. The summed E-state index contributed by atoms with van der Waals surface area (Å²) in [7, 11) is 0. The summed E-state index contributed by atoms with van der Waals surface area (Å²) in [4.78, 5) is 21.7. The molecule has 4 rings (SSSR count). The molecule has 6 heteroatoms. The zero-order valence-electron chi connectivity index (χ0n) is 15.7. The van der Waals surface area contributed by atoms with E-state index < -0.39 is 0 Å². The van der Waals surface area contributed by atoms with E-state index in [-0.39, 0.29) is 11.9 Å². The highest BCUT2D eigenvalue weighted by Crippen LogP contribution is 2.30. The third-order valence-corrected chi connectivity index (χ3v) is 5.19. The van der Waals surface area contributed by atoms with Gasteiger partial charge in [-0.2, -0.15) is 0 Å². The molecule has 0 unspecified atom stereocenters. The van der Waals surface area contributed by atoms with E-state index in [0.29, 0.717) is 30.5 Å². The zero-order chi connectivity index (χ0) is 19.5. The number of nitrogens with zero attached hydrogens (tertiary/aromatic N) is 2. The maximum atomic E-state index is 13.4. The molecular weight excluding hydrogens is 357 g/mol. The number of likely N-dealkylation sites (tertiary alicyclic amines) is 1. The molecule has 3 heterocycles. The van der Waals surface area contributed by atoms with Gasteiger partial charge in [0.05, 0.1) is 5.69 Å². The first-order valence-corrected chi connectivity index (χ1v) is 9.43. The summed E-state index contributed by atoms with van der Waals surface area (Å²) >= 11 is 0. The Morgan fingerprint density at radius 2 is 2.00 bits per heavy atom. The van der Waals surface area contributed by atoms with Crippen molar-refractivity contribution in [1.82, 2.24) is 14.9 Å². The van der Waals surface area contributed by atoms with Gasteiger partial charge < -0.3 is 14.6 Å². The number of aromatic amines is 1. The van der Waals surface area contributed by atoms with Gasteiger partial charge in [-0.15, -0.1) is 0 Å². The number of halogens is 1. The normalized spacial score (nSPS) is 14.9. The van der Waals surface area contributed by atoms with Crippen molar-refractivity contribution in [3.8, 4) is 17.0 Å². The van der Waals surface area contributed by atoms with Crippen LogP contribution in [0.1, 0.15) is 30.1 Å². The standard InChI is InChI=1S/C22H22FN3O2/c1-15-21(6-3-11-24-15)28-22(27)26-12-9-16(10-13-26)19-7-8-20(25-19)17-4-2-5-18(23)14-17/h2-8,11,14,16,25H,9-10,12-13H2,1H3. The average Bonchev–Trinajstić information content (AvgIpc) is 3.20. The smallest absolute Gasteiger partial charge is 0.408 e. The van der Waals surface area contributed by atoms with E-state index in [1.165, 1.54) is 12.1 Å². The lowest BCUT2D eigenvalue weighted by atomic mass is 9.94. The Bertz CT molecular complexity index is 977. The Hall–Kier alpha value is -3.15. The number of rotatable bonds is 3. The molecule has 1 N–H and O–H groups in total. The van der Waals surface area contributed by atoms with Crippen LogP contribution in [0.2, 0.25) is 0 Å².